The zero-order valence-electron chi connectivity index (χ0n) is 11.1. The molecule has 1 atom stereocenters. The molecule has 1 spiro atoms. The monoisotopic (exact) mass is 281 g/mol. The minimum Gasteiger partial charge on any atom is -0.323 e. The van der Waals surface area contributed by atoms with Crippen LogP contribution in [-0.4, -0.2) is 11.6 Å². The number of anilines is 1. The number of halogens is 1. The summed E-state index contributed by atoms with van der Waals surface area (Å²) in [5.41, 5.74) is 5.42. The number of rotatable bonds is 1. The molecular formula is C16H12FN3O. The number of para-hydroxylation sites is 1. The molecule has 2 N–H and O–H groups in total. The average Bonchev–Trinajstić information content (AvgIpc) is 3.05. The number of carbonyl (C=O) groups excluding carboxylic acids is 1. The van der Waals surface area contributed by atoms with Crippen molar-refractivity contribution >= 4 is 17.3 Å². The van der Waals surface area contributed by atoms with Crippen LogP contribution in [0.2, 0.25) is 0 Å². The molecule has 4 rings (SSSR count). The van der Waals surface area contributed by atoms with E-state index in [0.717, 1.165) is 22.5 Å². The summed E-state index contributed by atoms with van der Waals surface area (Å²) >= 11 is 0. The highest BCUT2D eigenvalue weighted by Gasteiger charge is 2.50. The summed E-state index contributed by atoms with van der Waals surface area (Å²) < 4.78 is 13.0. The van der Waals surface area contributed by atoms with Crippen molar-refractivity contribution in [1.29, 1.82) is 0 Å². The van der Waals surface area contributed by atoms with Gasteiger partial charge in [-0.2, -0.15) is 5.10 Å². The number of carbonyl (C=O) groups is 1. The Balaban J connectivity index is 1.72. The Hall–Kier alpha value is -2.69. The maximum Gasteiger partial charge on any atom is 0.256 e. The molecule has 2 aliphatic heterocycles. The fourth-order valence-electron chi connectivity index (χ4n) is 2.90. The topological polar surface area (TPSA) is 53.5 Å². The predicted molar refractivity (Wildman–Crippen MR) is 77.4 cm³/mol. The Labute approximate surface area is 120 Å². The summed E-state index contributed by atoms with van der Waals surface area (Å²) in [5, 5.41) is 7.18. The molecule has 21 heavy (non-hydrogen) atoms. The Morgan fingerprint density at radius 3 is 2.67 bits per heavy atom. The molecule has 0 aliphatic carbocycles. The summed E-state index contributed by atoms with van der Waals surface area (Å²) in [6.07, 6.45) is 0.446. The van der Waals surface area contributed by atoms with Crippen LogP contribution in [0, 0.1) is 5.82 Å². The molecule has 2 aromatic rings. The molecule has 2 aliphatic rings. The summed E-state index contributed by atoms with van der Waals surface area (Å²) in [6.45, 7) is 0. The second kappa shape index (κ2) is 4.15. The molecule has 0 saturated heterocycles. The third kappa shape index (κ3) is 1.67. The number of fused-ring (bicyclic) bond motifs is 2. The summed E-state index contributed by atoms with van der Waals surface area (Å²) in [4.78, 5) is 12.4. The minimum absolute atomic E-state index is 0.107. The average molecular weight is 281 g/mol. The van der Waals surface area contributed by atoms with Gasteiger partial charge in [-0.3, -0.25) is 10.2 Å². The van der Waals surface area contributed by atoms with Crippen molar-refractivity contribution in [1.82, 2.24) is 5.43 Å². The van der Waals surface area contributed by atoms with E-state index in [2.05, 4.69) is 15.8 Å². The van der Waals surface area contributed by atoms with E-state index in [-0.39, 0.29) is 11.7 Å². The van der Waals surface area contributed by atoms with Crippen molar-refractivity contribution in [2.24, 2.45) is 5.10 Å². The largest absolute Gasteiger partial charge is 0.323 e. The van der Waals surface area contributed by atoms with Crippen LogP contribution >= 0.6 is 0 Å². The number of amides is 1. The molecule has 4 nitrogen and oxygen atoms in total. The SMILES string of the molecule is O=C1Nc2ccccc2C12CC(c1ccc(F)cc1)=NN2. The molecule has 2 heterocycles. The number of hydrogen-bond acceptors (Lipinski definition) is 3. The molecule has 2 aromatic carbocycles. The van der Waals surface area contributed by atoms with Crippen molar-refractivity contribution in [2.45, 2.75) is 12.0 Å². The first-order valence-corrected chi connectivity index (χ1v) is 6.70. The van der Waals surface area contributed by atoms with Crippen molar-refractivity contribution in [3.63, 3.8) is 0 Å². The Morgan fingerprint density at radius 1 is 1.10 bits per heavy atom. The van der Waals surface area contributed by atoms with Gasteiger partial charge in [-0.1, -0.05) is 30.3 Å². The normalized spacial score (nSPS) is 22.7. The van der Waals surface area contributed by atoms with E-state index in [1.165, 1.54) is 12.1 Å². The van der Waals surface area contributed by atoms with Gasteiger partial charge >= 0.3 is 0 Å². The van der Waals surface area contributed by atoms with E-state index >= 15 is 0 Å². The van der Waals surface area contributed by atoms with Gasteiger partial charge in [0.05, 0.1) is 5.71 Å². The van der Waals surface area contributed by atoms with Crippen LogP contribution in [0.15, 0.2) is 53.6 Å². The highest BCUT2D eigenvalue weighted by atomic mass is 19.1. The fourth-order valence-corrected chi connectivity index (χ4v) is 2.90. The maximum atomic E-state index is 13.0. The van der Waals surface area contributed by atoms with Crippen molar-refractivity contribution in [3.05, 3.63) is 65.5 Å². The van der Waals surface area contributed by atoms with Crippen molar-refractivity contribution in [2.75, 3.05) is 5.32 Å². The molecule has 104 valence electrons. The summed E-state index contributed by atoms with van der Waals surface area (Å²) in [6, 6.07) is 13.7. The van der Waals surface area contributed by atoms with E-state index in [9.17, 15) is 9.18 Å². The highest BCUT2D eigenvalue weighted by Crippen LogP contribution is 2.41. The Bertz CT molecular complexity index is 769. The van der Waals surface area contributed by atoms with E-state index < -0.39 is 5.54 Å². The van der Waals surface area contributed by atoms with E-state index in [4.69, 9.17) is 0 Å². The van der Waals surface area contributed by atoms with E-state index in [1.807, 2.05) is 24.3 Å². The second-order valence-corrected chi connectivity index (χ2v) is 5.26. The van der Waals surface area contributed by atoms with E-state index in [1.54, 1.807) is 12.1 Å². The number of benzene rings is 2. The third-order valence-electron chi connectivity index (χ3n) is 4.01. The standard InChI is InChI=1S/C16H12FN3O/c17-11-7-5-10(6-8-11)14-9-16(20-19-14)12-3-1-2-4-13(12)18-15(16)21/h1-8,20H,9H2,(H,18,21). The first kappa shape index (κ1) is 12.1. The lowest BCUT2D eigenvalue weighted by atomic mass is 9.86. The molecule has 0 aromatic heterocycles. The number of nitrogens with one attached hydrogen (secondary N) is 2. The lowest BCUT2D eigenvalue weighted by molar-refractivity contribution is -0.121. The predicted octanol–water partition coefficient (Wildman–Crippen LogP) is 2.37. The van der Waals surface area contributed by atoms with Crippen LogP contribution < -0.4 is 10.7 Å². The van der Waals surface area contributed by atoms with Gasteiger partial charge in [-0.05, 0) is 23.8 Å². The Kier molecular flexibility index (Phi) is 2.39. The minimum atomic E-state index is -0.847. The van der Waals surface area contributed by atoms with Gasteiger partial charge < -0.3 is 5.32 Å². The van der Waals surface area contributed by atoms with Gasteiger partial charge in [0, 0.05) is 17.7 Å². The first-order valence-electron chi connectivity index (χ1n) is 6.70. The van der Waals surface area contributed by atoms with Gasteiger partial charge in [-0.15, -0.1) is 0 Å². The zero-order chi connectivity index (χ0) is 14.4. The number of nitrogens with zero attached hydrogens (tertiary/aromatic N) is 1. The highest BCUT2D eigenvalue weighted by molar-refractivity contribution is 6.13. The van der Waals surface area contributed by atoms with Crippen molar-refractivity contribution < 1.29 is 9.18 Å². The van der Waals surface area contributed by atoms with Crippen LogP contribution in [0.5, 0.6) is 0 Å². The van der Waals surface area contributed by atoms with Crippen LogP contribution in [0.1, 0.15) is 17.5 Å². The lowest BCUT2D eigenvalue weighted by Crippen LogP contribution is -2.42. The molecule has 0 radical (unpaired) electrons. The molecule has 0 fully saturated rings. The van der Waals surface area contributed by atoms with E-state index in [0.29, 0.717) is 6.42 Å². The molecule has 0 bridgehead atoms. The number of hydrazone groups is 1. The smallest absolute Gasteiger partial charge is 0.256 e. The quantitative estimate of drug-likeness (QED) is 0.843. The van der Waals surface area contributed by atoms with Gasteiger partial charge in [-0.25, -0.2) is 4.39 Å². The second-order valence-electron chi connectivity index (χ2n) is 5.26. The molecule has 0 saturated carbocycles. The molecule has 5 heteroatoms. The van der Waals surface area contributed by atoms with Crippen LogP contribution in [0.25, 0.3) is 0 Å². The zero-order valence-corrected chi connectivity index (χ0v) is 11.1. The van der Waals surface area contributed by atoms with Gasteiger partial charge in [0.2, 0.25) is 0 Å². The van der Waals surface area contributed by atoms with Crippen LogP contribution in [0.3, 0.4) is 0 Å². The van der Waals surface area contributed by atoms with Crippen molar-refractivity contribution in [3.8, 4) is 0 Å². The molecular weight excluding hydrogens is 269 g/mol. The van der Waals surface area contributed by atoms with Gasteiger partial charge in [0.25, 0.3) is 5.91 Å². The van der Waals surface area contributed by atoms with Gasteiger partial charge in [0.15, 0.2) is 5.54 Å². The van der Waals surface area contributed by atoms with Crippen LogP contribution in [-0.2, 0) is 10.3 Å². The summed E-state index contributed by atoms with van der Waals surface area (Å²) in [7, 11) is 0. The lowest BCUT2D eigenvalue weighted by Gasteiger charge is -2.20. The van der Waals surface area contributed by atoms with Crippen LogP contribution in [0.4, 0.5) is 10.1 Å². The molecule has 1 unspecified atom stereocenters. The fraction of sp³-hybridized carbons (Fsp3) is 0.125. The maximum absolute atomic E-state index is 13.0. The van der Waals surface area contributed by atoms with Gasteiger partial charge in [0.1, 0.15) is 5.82 Å². The molecule has 1 amide bonds. The summed E-state index contributed by atoms with van der Waals surface area (Å²) in [5.74, 6) is -0.395. The first-order chi connectivity index (χ1) is 10.2. The number of hydrogen-bond donors (Lipinski definition) is 2. The Morgan fingerprint density at radius 2 is 1.86 bits per heavy atom. The third-order valence-corrected chi connectivity index (χ3v) is 4.01.